The van der Waals surface area contributed by atoms with E-state index in [-0.39, 0.29) is 6.10 Å². The minimum Gasteiger partial charge on any atom is -0.388 e. The van der Waals surface area contributed by atoms with E-state index in [9.17, 15) is 5.11 Å². The summed E-state index contributed by atoms with van der Waals surface area (Å²) < 4.78 is 0. The molecule has 0 aliphatic heterocycles. The number of aryl methyl sites for hydroxylation is 2. The lowest BCUT2D eigenvalue weighted by Gasteiger charge is -2.19. The Morgan fingerprint density at radius 1 is 0.905 bits per heavy atom. The lowest BCUT2D eigenvalue weighted by Crippen LogP contribution is -2.20. The van der Waals surface area contributed by atoms with Gasteiger partial charge < -0.3 is 10.0 Å². The Balaban J connectivity index is 1.81. The molecule has 21 heavy (non-hydrogen) atoms. The average molecular weight is 283 g/mol. The van der Waals surface area contributed by atoms with Crippen molar-refractivity contribution >= 4 is 0 Å². The van der Waals surface area contributed by atoms with Crippen molar-refractivity contribution in [2.45, 2.75) is 32.9 Å². The number of hydrogen-bond donors (Lipinski definition) is 1. The minimum atomic E-state index is -0.383. The Morgan fingerprint density at radius 3 is 2.00 bits per heavy atom. The topological polar surface area (TPSA) is 23.5 Å². The van der Waals surface area contributed by atoms with Crippen LogP contribution in [0, 0.1) is 13.8 Å². The summed E-state index contributed by atoms with van der Waals surface area (Å²) in [4.78, 5) is 2.25. The van der Waals surface area contributed by atoms with Crippen LogP contribution < -0.4 is 0 Å². The number of nitrogens with zero attached hydrogens (tertiary/aromatic N) is 1. The molecule has 2 rings (SSSR count). The molecule has 2 heteroatoms. The Kier molecular flexibility index (Phi) is 5.54. The number of hydrogen-bond acceptors (Lipinski definition) is 2. The standard InChI is InChI=1S/C19H25NO/c1-15-4-8-17(9-5-15)14-20(3)13-12-19(21)18-10-6-16(2)7-11-18/h4-11,19,21H,12-14H2,1-3H3. The van der Waals surface area contributed by atoms with Crippen molar-refractivity contribution in [3.05, 3.63) is 70.8 Å². The van der Waals surface area contributed by atoms with Crippen LogP contribution in [-0.4, -0.2) is 23.6 Å². The summed E-state index contributed by atoms with van der Waals surface area (Å²) >= 11 is 0. The molecule has 2 nitrogen and oxygen atoms in total. The van der Waals surface area contributed by atoms with Crippen LogP contribution in [0.5, 0.6) is 0 Å². The van der Waals surface area contributed by atoms with Crippen molar-refractivity contribution < 1.29 is 5.11 Å². The first-order chi connectivity index (χ1) is 10.0. The Labute approximate surface area is 128 Å². The highest BCUT2D eigenvalue weighted by atomic mass is 16.3. The van der Waals surface area contributed by atoms with Gasteiger partial charge in [0.25, 0.3) is 0 Å². The van der Waals surface area contributed by atoms with Crippen molar-refractivity contribution in [2.24, 2.45) is 0 Å². The highest BCUT2D eigenvalue weighted by molar-refractivity contribution is 5.23. The largest absolute Gasteiger partial charge is 0.388 e. The van der Waals surface area contributed by atoms with Crippen LogP contribution in [0.1, 0.15) is 34.8 Å². The molecule has 0 fully saturated rings. The fourth-order valence-corrected chi connectivity index (χ4v) is 2.38. The maximum atomic E-state index is 10.2. The first-order valence-electron chi connectivity index (χ1n) is 7.53. The molecule has 0 heterocycles. The molecular formula is C19H25NO. The van der Waals surface area contributed by atoms with Gasteiger partial charge in [-0.1, -0.05) is 59.7 Å². The number of aliphatic hydroxyl groups is 1. The molecule has 2 aromatic carbocycles. The summed E-state index contributed by atoms with van der Waals surface area (Å²) in [6.07, 6.45) is 0.372. The molecule has 0 spiro atoms. The van der Waals surface area contributed by atoms with Gasteiger partial charge in [-0.25, -0.2) is 0 Å². The van der Waals surface area contributed by atoms with Crippen LogP contribution in [0.3, 0.4) is 0 Å². The molecule has 1 N–H and O–H groups in total. The summed E-state index contributed by atoms with van der Waals surface area (Å²) in [5.74, 6) is 0. The fraction of sp³-hybridized carbons (Fsp3) is 0.368. The molecule has 0 radical (unpaired) electrons. The second-order valence-electron chi connectivity index (χ2n) is 5.94. The van der Waals surface area contributed by atoms with E-state index in [0.29, 0.717) is 0 Å². The molecule has 1 unspecified atom stereocenters. The fourth-order valence-electron chi connectivity index (χ4n) is 2.38. The van der Waals surface area contributed by atoms with Gasteiger partial charge >= 0.3 is 0 Å². The van der Waals surface area contributed by atoms with Crippen molar-refractivity contribution in [3.63, 3.8) is 0 Å². The molecule has 112 valence electrons. The van der Waals surface area contributed by atoms with Gasteiger partial charge in [0, 0.05) is 13.1 Å². The summed E-state index contributed by atoms with van der Waals surface area (Å²) in [5.41, 5.74) is 4.83. The van der Waals surface area contributed by atoms with E-state index in [2.05, 4.69) is 62.2 Å². The smallest absolute Gasteiger partial charge is 0.0802 e. The third-order valence-corrected chi connectivity index (χ3v) is 3.82. The molecule has 0 saturated carbocycles. The predicted molar refractivity (Wildman–Crippen MR) is 88.3 cm³/mol. The van der Waals surface area contributed by atoms with Gasteiger partial charge in [0.15, 0.2) is 0 Å². The second kappa shape index (κ2) is 7.39. The number of rotatable bonds is 6. The Hall–Kier alpha value is -1.64. The third kappa shape index (κ3) is 5.00. The molecule has 0 aliphatic rings. The predicted octanol–water partition coefficient (Wildman–Crippen LogP) is 3.86. The van der Waals surface area contributed by atoms with Gasteiger partial charge in [-0.3, -0.25) is 0 Å². The van der Waals surface area contributed by atoms with Crippen molar-refractivity contribution in [1.29, 1.82) is 0 Å². The van der Waals surface area contributed by atoms with E-state index >= 15 is 0 Å². The zero-order valence-corrected chi connectivity index (χ0v) is 13.2. The minimum absolute atomic E-state index is 0.383. The zero-order valence-electron chi connectivity index (χ0n) is 13.2. The Bertz CT molecular complexity index is 545. The zero-order chi connectivity index (χ0) is 15.2. The lowest BCUT2D eigenvalue weighted by atomic mass is 10.0. The van der Waals surface area contributed by atoms with E-state index in [1.165, 1.54) is 16.7 Å². The van der Waals surface area contributed by atoms with E-state index < -0.39 is 0 Å². The van der Waals surface area contributed by atoms with E-state index in [1.807, 2.05) is 12.1 Å². The van der Waals surface area contributed by atoms with Gasteiger partial charge in [-0.2, -0.15) is 0 Å². The van der Waals surface area contributed by atoms with Crippen LogP contribution in [0.2, 0.25) is 0 Å². The van der Waals surface area contributed by atoms with Gasteiger partial charge in [0.1, 0.15) is 0 Å². The molecule has 0 aliphatic carbocycles. The Morgan fingerprint density at radius 2 is 1.43 bits per heavy atom. The van der Waals surface area contributed by atoms with Crippen LogP contribution in [0.4, 0.5) is 0 Å². The first kappa shape index (κ1) is 15.7. The average Bonchev–Trinajstić information content (AvgIpc) is 2.48. The van der Waals surface area contributed by atoms with Crippen molar-refractivity contribution in [3.8, 4) is 0 Å². The molecule has 0 aromatic heterocycles. The molecular weight excluding hydrogens is 258 g/mol. The first-order valence-corrected chi connectivity index (χ1v) is 7.53. The highest BCUT2D eigenvalue weighted by Crippen LogP contribution is 2.17. The van der Waals surface area contributed by atoms with Crippen LogP contribution in [-0.2, 0) is 6.54 Å². The monoisotopic (exact) mass is 283 g/mol. The van der Waals surface area contributed by atoms with Crippen LogP contribution >= 0.6 is 0 Å². The summed E-state index contributed by atoms with van der Waals surface area (Å²) in [6.45, 7) is 5.96. The summed E-state index contributed by atoms with van der Waals surface area (Å²) in [7, 11) is 2.10. The van der Waals surface area contributed by atoms with Crippen LogP contribution in [0.25, 0.3) is 0 Å². The summed E-state index contributed by atoms with van der Waals surface area (Å²) in [5, 5.41) is 10.2. The molecule has 1 atom stereocenters. The molecule has 2 aromatic rings. The number of benzene rings is 2. The maximum absolute atomic E-state index is 10.2. The normalized spacial score (nSPS) is 12.6. The SMILES string of the molecule is Cc1ccc(CN(C)CCC(O)c2ccc(C)cc2)cc1. The molecule has 0 amide bonds. The van der Waals surface area contributed by atoms with Crippen LogP contribution in [0.15, 0.2) is 48.5 Å². The second-order valence-corrected chi connectivity index (χ2v) is 5.94. The quantitative estimate of drug-likeness (QED) is 0.870. The maximum Gasteiger partial charge on any atom is 0.0802 e. The van der Waals surface area contributed by atoms with Crippen molar-refractivity contribution in [1.82, 2.24) is 4.90 Å². The number of aliphatic hydroxyl groups excluding tert-OH is 1. The van der Waals surface area contributed by atoms with Gasteiger partial charge in [0.05, 0.1) is 6.10 Å². The van der Waals surface area contributed by atoms with Gasteiger partial charge in [-0.15, -0.1) is 0 Å². The molecule has 0 bridgehead atoms. The molecule has 0 saturated heterocycles. The third-order valence-electron chi connectivity index (χ3n) is 3.82. The van der Waals surface area contributed by atoms with E-state index in [0.717, 1.165) is 25.1 Å². The summed E-state index contributed by atoms with van der Waals surface area (Å²) in [6, 6.07) is 16.8. The van der Waals surface area contributed by atoms with E-state index in [1.54, 1.807) is 0 Å². The van der Waals surface area contributed by atoms with Crippen molar-refractivity contribution in [2.75, 3.05) is 13.6 Å². The van der Waals surface area contributed by atoms with Gasteiger partial charge in [-0.05, 0) is 38.4 Å². The van der Waals surface area contributed by atoms with Gasteiger partial charge in [0.2, 0.25) is 0 Å². The van der Waals surface area contributed by atoms with E-state index in [4.69, 9.17) is 0 Å². The highest BCUT2D eigenvalue weighted by Gasteiger charge is 2.09. The lowest BCUT2D eigenvalue weighted by molar-refractivity contribution is 0.147.